The average Bonchev–Trinajstić information content (AvgIpc) is 2.52. The number of nitrogens with zero attached hydrogens (tertiary/aromatic N) is 2. The normalized spacial score (nSPS) is 17.4. The standard InChI is InChI=1S/C18H23N3/c1-3-9-19-18-12-16(8-10-20-18)21-13-14(2)11-15-6-4-5-7-17(15)21/h4-8,10,12,14H,3,9,11,13H2,1-2H3,(H,19,20). The third-order valence-electron chi connectivity index (χ3n) is 3.96. The van der Waals surface area contributed by atoms with E-state index in [0.29, 0.717) is 5.92 Å². The van der Waals surface area contributed by atoms with Gasteiger partial charge in [-0.3, -0.25) is 0 Å². The molecular formula is C18H23N3. The average molecular weight is 281 g/mol. The molecule has 1 N–H and O–H groups in total. The number of nitrogens with one attached hydrogen (secondary N) is 1. The molecule has 0 fully saturated rings. The third kappa shape index (κ3) is 3.02. The van der Waals surface area contributed by atoms with Crippen molar-refractivity contribution in [1.29, 1.82) is 0 Å². The molecule has 21 heavy (non-hydrogen) atoms. The van der Waals surface area contributed by atoms with Crippen LogP contribution in [0, 0.1) is 5.92 Å². The minimum Gasteiger partial charge on any atom is -0.370 e. The smallest absolute Gasteiger partial charge is 0.127 e. The summed E-state index contributed by atoms with van der Waals surface area (Å²) in [7, 11) is 0. The lowest BCUT2D eigenvalue weighted by atomic mass is 9.93. The van der Waals surface area contributed by atoms with Crippen LogP contribution in [0.2, 0.25) is 0 Å². The summed E-state index contributed by atoms with van der Waals surface area (Å²) in [6, 6.07) is 13.0. The number of fused-ring (bicyclic) bond motifs is 1. The molecule has 0 saturated carbocycles. The molecule has 1 aromatic heterocycles. The zero-order chi connectivity index (χ0) is 14.7. The third-order valence-corrected chi connectivity index (χ3v) is 3.96. The molecule has 1 aliphatic heterocycles. The van der Waals surface area contributed by atoms with Crippen LogP contribution in [0.15, 0.2) is 42.6 Å². The molecule has 1 atom stereocenters. The van der Waals surface area contributed by atoms with Gasteiger partial charge in [0.15, 0.2) is 0 Å². The Labute approximate surface area is 127 Å². The monoisotopic (exact) mass is 281 g/mol. The lowest BCUT2D eigenvalue weighted by Gasteiger charge is -2.35. The van der Waals surface area contributed by atoms with E-state index < -0.39 is 0 Å². The predicted octanol–water partition coefficient (Wildman–Crippen LogP) is 4.23. The number of hydrogen-bond donors (Lipinski definition) is 1. The molecule has 3 nitrogen and oxygen atoms in total. The van der Waals surface area contributed by atoms with E-state index in [0.717, 1.165) is 25.3 Å². The second-order valence-electron chi connectivity index (χ2n) is 5.87. The van der Waals surface area contributed by atoms with Crippen LogP contribution < -0.4 is 10.2 Å². The van der Waals surface area contributed by atoms with Gasteiger partial charge in [-0.05, 0) is 36.5 Å². The van der Waals surface area contributed by atoms with Crippen LogP contribution in [0.4, 0.5) is 17.2 Å². The zero-order valence-corrected chi connectivity index (χ0v) is 12.8. The number of benzene rings is 1. The molecule has 3 heteroatoms. The highest BCUT2D eigenvalue weighted by atomic mass is 15.2. The lowest BCUT2D eigenvalue weighted by molar-refractivity contribution is 0.562. The minimum absolute atomic E-state index is 0.667. The Morgan fingerprint density at radius 1 is 1.29 bits per heavy atom. The van der Waals surface area contributed by atoms with Gasteiger partial charge in [0.05, 0.1) is 0 Å². The van der Waals surface area contributed by atoms with Crippen LogP contribution in [0.3, 0.4) is 0 Å². The second kappa shape index (κ2) is 6.17. The van der Waals surface area contributed by atoms with E-state index in [1.165, 1.54) is 23.4 Å². The molecule has 110 valence electrons. The van der Waals surface area contributed by atoms with Crippen LogP contribution in [0.1, 0.15) is 25.8 Å². The van der Waals surface area contributed by atoms with Gasteiger partial charge in [-0.2, -0.15) is 0 Å². The molecule has 2 heterocycles. The number of pyridine rings is 1. The van der Waals surface area contributed by atoms with Crippen LogP contribution in [0.5, 0.6) is 0 Å². The van der Waals surface area contributed by atoms with Crippen molar-refractivity contribution in [2.24, 2.45) is 5.92 Å². The number of aromatic nitrogens is 1. The van der Waals surface area contributed by atoms with E-state index in [2.05, 4.69) is 65.4 Å². The predicted molar refractivity (Wildman–Crippen MR) is 89.3 cm³/mol. The molecule has 0 spiro atoms. The SMILES string of the molecule is CCCNc1cc(N2CC(C)Cc3ccccc32)ccn1. The number of anilines is 3. The van der Waals surface area contributed by atoms with Crippen LogP contribution in [0.25, 0.3) is 0 Å². The number of para-hydroxylation sites is 1. The van der Waals surface area contributed by atoms with E-state index in [1.54, 1.807) is 0 Å². The summed E-state index contributed by atoms with van der Waals surface area (Å²) in [4.78, 5) is 6.83. The highest BCUT2D eigenvalue weighted by molar-refractivity contribution is 5.69. The summed E-state index contributed by atoms with van der Waals surface area (Å²) >= 11 is 0. The maximum atomic E-state index is 4.41. The molecule has 0 saturated heterocycles. The van der Waals surface area contributed by atoms with E-state index >= 15 is 0 Å². The van der Waals surface area contributed by atoms with Gasteiger partial charge in [-0.15, -0.1) is 0 Å². The molecule has 1 aromatic carbocycles. The van der Waals surface area contributed by atoms with Gasteiger partial charge in [-0.1, -0.05) is 32.0 Å². The van der Waals surface area contributed by atoms with Crippen molar-refractivity contribution >= 4 is 17.2 Å². The van der Waals surface area contributed by atoms with Gasteiger partial charge in [0.2, 0.25) is 0 Å². The maximum absolute atomic E-state index is 4.41. The molecule has 0 amide bonds. The Morgan fingerprint density at radius 3 is 3.00 bits per heavy atom. The molecule has 2 aromatic rings. The van der Waals surface area contributed by atoms with Crippen LogP contribution >= 0.6 is 0 Å². The highest BCUT2D eigenvalue weighted by Gasteiger charge is 2.22. The van der Waals surface area contributed by atoms with Crippen molar-refractivity contribution in [3.8, 4) is 0 Å². The second-order valence-corrected chi connectivity index (χ2v) is 5.87. The molecule has 0 bridgehead atoms. The molecule has 3 rings (SSSR count). The fourth-order valence-electron chi connectivity index (χ4n) is 2.98. The fraction of sp³-hybridized carbons (Fsp3) is 0.389. The zero-order valence-electron chi connectivity index (χ0n) is 12.8. The molecule has 1 unspecified atom stereocenters. The van der Waals surface area contributed by atoms with Crippen molar-refractivity contribution < 1.29 is 0 Å². The van der Waals surface area contributed by atoms with E-state index in [-0.39, 0.29) is 0 Å². The van der Waals surface area contributed by atoms with E-state index in [4.69, 9.17) is 0 Å². The molecule has 0 aliphatic carbocycles. The maximum Gasteiger partial charge on any atom is 0.127 e. The Bertz CT molecular complexity index is 609. The largest absolute Gasteiger partial charge is 0.370 e. The summed E-state index contributed by atoms with van der Waals surface area (Å²) in [5.41, 5.74) is 4.00. The number of rotatable bonds is 4. The van der Waals surface area contributed by atoms with Crippen LogP contribution in [-0.2, 0) is 6.42 Å². The van der Waals surface area contributed by atoms with Gasteiger partial charge >= 0.3 is 0 Å². The van der Waals surface area contributed by atoms with E-state index in [1.807, 2.05) is 6.20 Å². The first-order valence-electron chi connectivity index (χ1n) is 7.83. The summed E-state index contributed by atoms with van der Waals surface area (Å²) in [6.07, 6.45) is 4.17. The van der Waals surface area contributed by atoms with Gasteiger partial charge < -0.3 is 10.2 Å². The Morgan fingerprint density at radius 2 is 2.14 bits per heavy atom. The molecular weight excluding hydrogens is 258 g/mol. The lowest BCUT2D eigenvalue weighted by Crippen LogP contribution is -2.30. The summed E-state index contributed by atoms with van der Waals surface area (Å²) in [6.45, 7) is 6.51. The van der Waals surface area contributed by atoms with Crippen molar-refractivity contribution in [2.75, 3.05) is 23.3 Å². The van der Waals surface area contributed by atoms with Gasteiger partial charge in [0, 0.05) is 36.7 Å². The highest BCUT2D eigenvalue weighted by Crippen LogP contribution is 2.35. The van der Waals surface area contributed by atoms with Crippen LogP contribution in [-0.4, -0.2) is 18.1 Å². The van der Waals surface area contributed by atoms with Crippen molar-refractivity contribution in [3.05, 3.63) is 48.2 Å². The Hall–Kier alpha value is -2.03. The summed E-state index contributed by atoms with van der Waals surface area (Å²) < 4.78 is 0. The molecule has 1 aliphatic rings. The van der Waals surface area contributed by atoms with Gasteiger partial charge in [0.25, 0.3) is 0 Å². The Kier molecular flexibility index (Phi) is 4.09. The first kappa shape index (κ1) is 13.9. The first-order chi connectivity index (χ1) is 10.3. The van der Waals surface area contributed by atoms with Crippen molar-refractivity contribution in [1.82, 2.24) is 4.98 Å². The van der Waals surface area contributed by atoms with Crippen molar-refractivity contribution in [3.63, 3.8) is 0 Å². The van der Waals surface area contributed by atoms with Gasteiger partial charge in [0.1, 0.15) is 5.82 Å². The van der Waals surface area contributed by atoms with E-state index in [9.17, 15) is 0 Å². The summed E-state index contributed by atoms with van der Waals surface area (Å²) in [5, 5.41) is 3.37. The number of hydrogen-bond acceptors (Lipinski definition) is 3. The Balaban J connectivity index is 1.93. The fourth-order valence-corrected chi connectivity index (χ4v) is 2.98. The van der Waals surface area contributed by atoms with Gasteiger partial charge in [-0.25, -0.2) is 4.98 Å². The summed E-state index contributed by atoms with van der Waals surface area (Å²) in [5.74, 6) is 1.63. The topological polar surface area (TPSA) is 28.2 Å². The first-order valence-corrected chi connectivity index (χ1v) is 7.83. The quantitative estimate of drug-likeness (QED) is 0.908. The molecule has 0 radical (unpaired) electrons. The van der Waals surface area contributed by atoms with Crippen molar-refractivity contribution in [2.45, 2.75) is 26.7 Å². The minimum atomic E-state index is 0.667.